The molecule has 2 aromatic carbocycles. The molecule has 0 radical (unpaired) electrons. The topological polar surface area (TPSA) is 90.2 Å². The third-order valence-electron chi connectivity index (χ3n) is 3.68. The Kier molecular flexibility index (Phi) is 5.33. The average Bonchev–Trinajstić information content (AvgIpc) is 2.56. The molecule has 2 aromatic rings. The molecule has 0 bridgehead atoms. The van der Waals surface area contributed by atoms with Crippen LogP contribution in [0.1, 0.15) is 38.8 Å². The number of carboxylic acid groups (broad SMARTS) is 1. The maximum Gasteiger partial charge on any atom is 0.336 e. The largest absolute Gasteiger partial charge is 0.478 e. The Bertz CT molecular complexity index is 822. The number of aryl methyl sites for hydroxylation is 1. The minimum Gasteiger partial charge on any atom is -0.478 e. The van der Waals surface area contributed by atoms with E-state index in [9.17, 15) is 9.59 Å². The van der Waals surface area contributed by atoms with Crippen molar-refractivity contribution in [1.29, 1.82) is 5.26 Å². The highest BCUT2D eigenvalue weighted by Crippen LogP contribution is 2.17. The zero-order valence-corrected chi connectivity index (χ0v) is 13.5. The number of benzene rings is 2. The van der Waals surface area contributed by atoms with Gasteiger partial charge in [-0.1, -0.05) is 18.2 Å². The van der Waals surface area contributed by atoms with E-state index in [0.717, 1.165) is 5.56 Å². The summed E-state index contributed by atoms with van der Waals surface area (Å²) in [5.41, 5.74) is 2.60. The maximum atomic E-state index is 12.4. The number of carboxylic acids is 1. The summed E-state index contributed by atoms with van der Waals surface area (Å²) in [7, 11) is 0. The van der Waals surface area contributed by atoms with Gasteiger partial charge >= 0.3 is 5.97 Å². The van der Waals surface area contributed by atoms with Crippen molar-refractivity contribution < 1.29 is 14.7 Å². The third kappa shape index (κ3) is 4.20. The lowest BCUT2D eigenvalue weighted by molar-refractivity contribution is 0.0695. The summed E-state index contributed by atoms with van der Waals surface area (Å²) in [6, 6.07) is 14.0. The van der Waals surface area contributed by atoms with E-state index in [1.807, 2.05) is 13.0 Å². The van der Waals surface area contributed by atoms with Gasteiger partial charge in [-0.25, -0.2) is 4.79 Å². The van der Waals surface area contributed by atoms with E-state index in [-0.39, 0.29) is 17.4 Å². The summed E-state index contributed by atoms with van der Waals surface area (Å²) in [4.78, 5) is 23.5. The summed E-state index contributed by atoms with van der Waals surface area (Å²) in [6.45, 7) is 3.53. The molecule has 0 saturated carbocycles. The predicted octanol–water partition coefficient (Wildman–Crippen LogP) is 3.65. The molecule has 0 aromatic heterocycles. The highest BCUT2D eigenvalue weighted by atomic mass is 16.4. The summed E-state index contributed by atoms with van der Waals surface area (Å²) in [5, 5.41) is 20.7. The molecular weight excluding hydrogens is 304 g/mol. The van der Waals surface area contributed by atoms with Gasteiger partial charge < -0.3 is 10.4 Å². The molecule has 0 fully saturated rings. The Balaban J connectivity index is 2.18. The van der Waals surface area contributed by atoms with Crippen LogP contribution in [0.4, 0.5) is 5.69 Å². The van der Waals surface area contributed by atoms with Gasteiger partial charge in [0, 0.05) is 17.2 Å². The second kappa shape index (κ2) is 7.42. The molecule has 2 N–H and O–H groups in total. The molecule has 2 rings (SSSR count). The standard InChI is InChI=1S/C19H18N2O3/c1-12(11-20)8-14-4-3-5-15(9-14)18(22)21-16-7-6-13(2)17(10-16)19(23)24/h3-7,9-10,12H,8H2,1-2H3,(H,21,22)(H,23,24). The molecule has 1 unspecified atom stereocenters. The van der Waals surface area contributed by atoms with Gasteiger partial charge in [0.05, 0.1) is 11.6 Å². The van der Waals surface area contributed by atoms with Crippen molar-refractivity contribution >= 4 is 17.6 Å². The van der Waals surface area contributed by atoms with Crippen LogP contribution >= 0.6 is 0 Å². The summed E-state index contributed by atoms with van der Waals surface area (Å²) in [6.07, 6.45) is 0.575. The van der Waals surface area contributed by atoms with E-state index in [2.05, 4.69) is 11.4 Å². The van der Waals surface area contributed by atoms with Gasteiger partial charge in [0.2, 0.25) is 0 Å². The average molecular weight is 322 g/mol. The summed E-state index contributed by atoms with van der Waals surface area (Å²) >= 11 is 0. The maximum absolute atomic E-state index is 12.4. The number of anilines is 1. The molecule has 122 valence electrons. The Hall–Kier alpha value is -3.13. The molecule has 1 amide bonds. The molecule has 0 saturated heterocycles. The SMILES string of the molecule is Cc1ccc(NC(=O)c2cccc(CC(C)C#N)c2)cc1C(=O)O. The molecule has 0 aliphatic carbocycles. The first-order chi connectivity index (χ1) is 11.4. The number of amides is 1. The Morgan fingerprint density at radius 2 is 2.00 bits per heavy atom. The lowest BCUT2D eigenvalue weighted by Crippen LogP contribution is -2.13. The van der Waals surface area contributed by atoms with Gasteiger partial charge in [0.25, 0.3) is 5.91 Å². The van der Waals surface area contributed by atoms with E-state index in [1.165, 1.54) is 6.07 Å². The van der Waals surface area contributed by atoms with Crippen LogP contribution in [-0.2, 0) is 6.42 Å². The van der Waals surface area contributed by atoms with Gasteiger partial charge in [-0.05, 0) is 55.7 Å². The van der Waals surface area contributed by atoms with Crippen molar-refractivity contribution in [3.63, 3.8) is 0 Å². The van der Waals surface area contributed by atoms with Crippen molar-refractivity contribution in [2.75, 3.05) is 5.32 Å². The van der Waals surface area contributed by atoms with Gasteiger partial charge in [-0.3, -0.25) is 4.79 Å². The number of nitrogens with one attached hydrogen (secondary N) is 1. The van der Waals surface area contributed by atoms with Crippen LogP contribution in [0.2, 0.25) is 0 Å². The van der Waals surface area contributed by atoms with Gasteiger partial charge in [0.15, 0.2) is 0 Å². The lowest BCUT2D eigenvalue weighted by Gasteiger charge is -2.09. The van der Waals surface area contributed by atoms with Crippen molar-refractivity contribution in [3.8, 4) is 6.07 Å². The smallest absolute Gasteiger partial charge is 0.336 e. The monoisotopic (exact) mass is 322 g/mol. The van der Waals surface area contributed by atoms with Crippen LogP contribution in [0.5, 0.6) is 0 Å². The highest BCUT2D eigenvalue weighted by molar-refractivity contribution is 6.05. The van der Waals surface area contributed by atoms with Crippen LogP contribution < -0.4 is 5.32 Å². The molecule has 24 heavy (non-hydrogen) atoms. The number of aromatic carboxylic acids is 1. The molecule has 0 spiro atoms. The molecular formula is C19H18N2O3. The quantitative estimate of drug-likeness (QED) is 0.879. The number of hydrogen-bond donors (Lipinski definition) is 2. The molecule has 5 nitrogen and oxygen atoms in total. The molecule has 0 aliphatic heterocycles. The van der Waals surface area contributed by atoms with Crippen molar-refractivity contribution in [1.82, 2.24) is 0 Å². The Morgan fingerprint density at radius 3 is 2.67 bits per heavy atom. The number of carbonyl (C=O) groups excluding carboxylic acids is 1. The molecule has 1 atom stereocenters. The molecule has 5 heteroatoms. The van der Waals surface area contributed by atoms with Gasteiger partial charge in [-0.15, -0.1) is 0 Å². The number of hydrogen-bond acceptors (Lipinski definition) is 3. The van der Waals surface area contributed by atoms with E-state index in [1.54, 1.807) is 37.3 Å². The number of rotatable bonds is 5. The highest BCUT2D eigenvalue weighted by Gasteiger charge is 2.12. The first-order valence-electron chi connectivity index (χ1n) is 7.54. The van der Waals surface area contributed by atoms with E-state index < -0.39 is 5.97 Å². The molecule has 0 aliphatic rings. The van der Waals surface area contributed by atoms with Gasteiger partial charge in [0.1, 0.15) is 0 Å². The third-order valence-corrected chi connectivity index (χ3v) is 3.68. The first kappa shape index (κ1) is 17.2. The van der Waals surface area contributed by atoms with E-state index >= 15 is 0 Å². The summed E-state index contributed by atoms with van der Waals surface area (Å²) in [5.74, 6) is -1.48. The minimum atomic E-state index is -1.03. The zero-order chi connectivity index (χ0) is 17.7. The number of nitrogens with zero attached hydrogens (tertiary/aromatic N) is 1. The van der Waals surface area contributed by atoms with Crippen LogP contribution in [0.15, 0.2) is 42.5 Å². The van der Waals surface area contributed by atoms with Crippen LogP contribution in [-0.4, -0.2) is 17.0 Å². The lowest BCUT2D eigenvalue weighted by atomic mass is 10.0. The van der Waals surface area contributed by atoms with Crippen molar-refractivity contribution in [2.45, 2.75) is 20.3 Å². The normalized spacial score (nSPS) is 11.4. The fourth-order valence-electron chi connectivity index (χ4n) is 2.37. The zero-order valence-electron chi connectivity index (χ0n) is 13.5. The van der Waals surface area contributed by atoms with Crippen LogP contribution in [0, 0.1) is 24.2 Å². The van der Waals surface area contributed by atoms with E-state index in [4.69, 9.17) is 10.4 Å². The van der Waals surface area contributed by atoms with E-state index in [0.29, 0.717) is 23.2 Å². The predicted molar refractivity (Wildman–Crippen MR) is 91.0 cm³/mol. The minimum absolute atomic E-state index is 0.126. The van der Waals surface area contributed by atoms with Crippen LogP contribution in [0.3, 0.4) is 0 Å². The number of carbonyl (C=O) groups is 2. The second-order valence-corrected chi connectivity index (χ2v) is 5.72. The van der Waals surface area contributed by atoms with Crippen molar-refractivity contribution in [3.05, 3.63) is 64.7 Å². The van der Waals surface area contributed by atoms with Gasteiger partial charge in [-0.2, -0.15) is 5.26 Å². The molecule has 0 heterocycles. The second-order valence-electron chi connectivity index (χ2n) is 5.72. The fraction of sp³-hybridized carbons (Fsp3) is 0.211. The van der Waals surface area contributed by atoms with Crippen LogP contribution in [0.25, 0.3) is 0 Å². The number of nitriles is 1. The first-order valence-corrected chi connectivity index (χ1v) is 7.54. The fourth-order valence-corrected chi connectivity index (χ4v) is 2.37. The van der Waals surface area contributed by atoms with Crippen molar-refractivity contribution in [2.24, 2.45) is 5.92 Å². The Morgan fingerprint density at radius 1 is 1.25 bits per heavy atom. The Labute approximate surface area is 140 Å². The summed E-state index contributed by atoms with van der Waals surface area (Å²) < 4.78 is 0.